The van der Waals surface area contributed by atoms with Crippen molar-refractivity contribution in [3.63, 3.8) is 0 Å². The average Bonchev–Trinajstić information content (AvgIpc) is 2.45. The molecule has 0 aromatic heterocycles. The molecular weight excluding hydrogens is 276 g/mol. The van der Waals surface area contributed by atoms with E-state index in [9.17, 15) is 9.59 Å². The zero-order valence-electron chi connectivity index (χ0n) is 13.3. The second kappa shape index (κ2) is 6.14. The third kappa shape index (κ3) is 3.82. The number of rotatable bonds is 3. The van der Waals surface area contributed by atoms with E-state index in [0.717, 1.165) is 0 Å². The van der Waals surface area contributed by atoms with Crippen molar-refractivity contribution in [2.24, 2.45) is 0 Å². The van der Waals surface area contributed by atoms with Gasteiger partial charge in [0.2, 0.25) is 0 Å². The van der Waals surface area contributed by atoms with Crippen molar-refractivity contribution < 1.29 is 14.3 Å². The summed E-state index contributed by atoms with van der Waals surface area (Å²) in [4.78, 5) is 23.5. The lowest BCUT2D eigenvalue weighted by molar-refractivity contribution is -0.131. The van der Waals surface area contributed by atoms with Gasteiger partial charge < -0.3 is 4.74 Å². The van der Waals surface area contributed by atoms with Crippen LogP contribution in [0.15, 0.2) is 48.5 Å². The molecule has 114 valence electrons. The van der Waals surface area contributed by atoms with E-state index in [0.29, 0.717) is 16.9 Å². The summed E-state index contributed by atoms with van der Waals surface area (Å²) in [5, 5.41) is 0. The molecule has 3 heteroatoms. The van der Waals surface area contributed by atoms with Gasteiger partial charge in [-0.2, -0.15) is 0 Å². The average molecular weight is 296 g/mol. The SMILES string of the molecule is CC(=O)Oc1cccc(C(=O)c2ccc(C(C)(C)C)cc2)c1. The Kier molecular flexibility index (Phi) is 4.45. The van der Waals surface area contributed by atoms with Crippen LogP contribution in [-0.2, 0) is 10.2 Å². The van der Waals surface area contributed by atoms with Gasteiger partial charge in [-0.15, -0.1) is 0 Å². The molecule has 2 aromatic carbocycles. The Hall–Kier alpha value is -2.42. The van der Waals surface area contributed by atoms with Crippen LogP contribution in [0.4, 0.5) is 0 Å². The van der Waals surface area contributed by atoms with Gasteiger partial charge >= 0.3 is 5.97 Å². The van der Waals surface area contributed by atoms with Gasteiger partial charge in [-0.25, -0.2) is 0 Å². The lowest BCUT2D eigenvalue weighted by Crippen LogP contribution is -2.11. The summed E-state index contributed by atoms with van der Waals surface area (Å²) in [5.41, 5.74) is 2.35. The third-order valence-electron chi connectivity index (χ3n) is 3.37. The topological polar surface area (TPSA) is 43.4 Å². The van der Waals surface area contributed by atoms with Crippen LogP contribution in [0.25, 0.3) is 0 Å². The summed E-state index contributed by atoms with van der Waals surface area (Å²) in [7, 11) is 0. The highest BCUT2D eigenvalue weighted by Gasteiger charge is 2.15. The minimum atomic E-state index is -0.404. The molecule has 0 heterocycles. The molecule has 0 saturated carbocycles. The lowest BCUT2D eigenvalue weighted by Gasteiger charge is -2.19. The van der Waals surface area contributed by atoms with E-state index in [1.165, 1.54) is 12.5 Å². The van der Waals surface area contributed by atoms with Crippen LogP contribution in [0.2, 0.25) is 0 Å². The second-order valence-corrected chi connectivity index (χ2v) is 6.28. The van der Waals surface area contributed by atoms with Gasteiger partial charge in [0.05, 0.1) is 0 Å². The summed E-state index contributed by atoms with van der Waals surface area (Å²) in [6.45, 7) is 7.73. The molecule has 0 saturated heterocycles. The molecule has 0 aliphatic rings. The van der Waals surface area contributed by atoms with Crippen molar-refractivity contribution in [1.29, 1.82) is 0 Å². The maximum Gasteiger partial charge on any atom is 0.308 e. The second-order valence-electron chi connectivity index (χ2n) is 6.28. The zero-order chi connectivity index (χ0) is 16.3. The number of esters is 1. The van der Waals surface area contributed by atoms with Crippen LogP contribution in [0, 0.1) is 0 Å². The first-order chi connectivity index (χ1) is 10.3. The molecule has 0 unspecified atom stereocenters. The molecule has 3 nitrogen and oxygen atoms in total. The Labute approximate surface area is 130 Å². The fraction of sp³-hybridized carbons (Fsp3) is 0.263. The molecule has 22 heavy (non-hydrogen) atoms. The monoisotopic (exact) mass is 296 g/mol. The molecule has 0 aliphatic heterocycles. The number of benzene rings is 2. The van der Waals surface area contributed by atoms with Gasteiger partial charge in [0, 0.05) is 18.1 Å². The molecule has 0 radical (unpaired) electrons. The van der Waals surface area contributed by atoms with Crippen LogP contribution in [-0.4, -0.2) is 11.8 Å². The summed E-state index contributed by atoms with van der Waals surface area (Å²) in [6.07, 6.45) is 0. The summed E-state index contributed by atoms with van der Waals surface area (Å²) >= 11 is 0. The van der Waals surface area contributed by atoms with Crippen molar-refractivity contribution in [2.75, 3.05) is 0 Å². The predicted molar refractivity (Wildman–Crippen MR) is 86.3 cm³/mol. The fourth-order valence-corrected chi connectivity index (χ4v) is 2.16. The van der Waals surface area contributed by atoms with Crippen molar-refractivity contribution >= 4 is 11.8 Å². The zero-order valence-corrected chi connectivity index (χ0v) is 13.3. The Morgan fingerprint density at radius 3 is 2.09 bits per heavy atom. The fourth-order valence-electron chi connectivity index (χ4n) is 2.16. The Balaban J connectivity index is 2.26. The molecule has 0 amide bonds. The Bertz CT molecular complexity index is 691. The highest BCUT2D eigenvalue weighted by molar-refractivity contribution is 6.09. The highest BCUT2D eigenvalue weighted by atomic mass is 16.5. The first-order valence-corrected chi connectivity index (χ1v) is 7.21. The highest BCUT2D eigenvalue weighted by Crippen LogP contribution is 2.23. The maximum absolute atomic E-state index is 12.5. The molecular formula is C19H20O3. The number of ketones is 1. The van der Waals surface area contributed by atoms with Crippen LogP contribution >= 0.6 is 0 Å². The van der Waals surface area contributed by atoms with Gasteiger partial charge in [0.1, 0.15) is 5.75 Å². The van der Waals surface area contributed by atoms with Crippen LogP contribution in [0.5, 0.6) is 5.75 Å². The van der Waals surface area contributed by atoms with Crippen LogP contribution < -0.4 is 4.74 Å². The van der Waals surface area contributed by atoms with E-state index in [2.05, 4.69) is 20.8 Å². The number of carbonyl (C=O) groups is 2. The van der Waals surface area contributed by atoms with Crippen molar-refractivity contribution in [3.05, 3.63) is 65.2 Å². The van der Waals surface area contributed by atoms with E-state index in [1.807, 2.05) is 24.3 Å². The van der Waals surface area contributed by atoms with E-state index in [1.54, 1.807) is 24.3 Å². The van der Waals surface area contributed by atoms with Crippen molar-refractivity contribution in [3.8, 4) is 5.75 Å². The molecule has 0 atom stereocenters. The molecule has 0 aliphatic carbocycles. The Morgan fingerprint density at radius 2 is 1.55 bits per heavy atom. The van der Waals surface area contributed by atoms with E-state index in [-0.39, 0.29) is 11.2 Å². The van der Waals surface area contributed by atoms with Crippen molar-refractivity contribution in [1.82, 2.24) is 0 Å². The first kappa shape index (κ1) is 16.0. The van der Waals surface area contributed by atoms with Crippen LogP contribution in [0.3, 0.4) is 0 Å². The minimum Gasteiger partial charge on any atom is -0.427 e. The van der Waals surface area contributed by atoms with E-state index in [4.69, 9.17) is 4.74 Å². The maximum atomic E-state index is 12.5. The number of ether oxygens (including phenoxy) is 1. The molecule has 0 N–H and O–H groups in total. The standard InChI is InChI=1S/C19H20O3/c1-13(20)22-17-7-5-6-15(12-17)18(21)14-8-10-16(11-9-14)19(2,3)4/h5-12H,1-4H3. The van der Waals surface area contributed by atoms with Crippen LogP contribution in [0.1, 0.15) is 49.2 Å². The third-order valence-corrected chi connectivity index (χ3v) is 3.37. The van der Waals surface area contributed by atoms with Gasteiger partial charge in [-0.05, 0) is 23.1 Å². The number of hydrogen-bond donors (Lipinski definition) is 0. The number of carbonyl (C=O) groups excluding carboxylic acids is 2. The Morgan fingerprint density at radius 1 is 0.909 bits per heavy atom. The summed E-state index contributed by atoms with van der Waals surface area (Å²) in [6, 6.07) is 14.3. The summed E-state index contributed by atoms with van der Waals surface area (Å²) in [5.74, 6) is -0.113. The van der Waals surface area contributed by atoms with Gasteiger partial charge in [0.15, 0.2) is 5.78 Å². The normalized spacial score (nSPS) is 11.1. The minimum absolute atomic E-state index is 0.0524. The van der Waals surface area contributed by atoms with Crippen molar-refractivity contribution in [2.45, 2.75) is 33.1 Å². The molecule has 0 spiro atoms. The predicted octanol–water partition coefficient (Wildman–Crippen LogP) is 4.14. The van der Waals surface area contributed by atoms with E-state index < -0.39 is 5.97 Å². The largest absolute Gasteiger partial charge is 0.427 e. The molecule has 0 fully saturated rings. The molecule has 2 rings (SSSR count). The van der Waals surface area contributed by atoms with Gasteiger partial charge in [0.25, 0.3) is 0 Å². The molecule has 0 bridgehead atoms. The number of hydrogen-bond acceptors (Lipinski definition) is 3. The first-order valence-electron chi connectivity index (χ1n) is 7.21. The van der Waals surface area contributed by atoms with Gasteiger partial charge in [-0.1, -0.05) is 57.2 Å². The molecule has 2 aromatic rings. The lowest BCUT2D eigenvalue weighted by atomic mass is 9.86. The van der Waals surface area contributed by atoms with Gasteiger partial charge in [-0.3, -0.25) is 9.59 Å². The quantitative estimate of drug-likeness (QED) is 0.485. The smallest absolute Gasteiger partial charge is 0.308 e. The van der Waals surface area contributed by atoms with E-state index >= 15 is 0 Å². The summed E-state index contributed by atoms with van der Waals surface area (Å²) < 4.78 is 5.01.